The third kappa shape index (κ3) is 6.03. The second kappa shape index (κ2) is 11.2. The summed E-state index contributed by atoms with van der Waals surface area (Å²) < 4.78 is 16.0. The van der Waals surface area contributed by atoms with Crippen molar-refractivity contribution in [2.24, 2.45) is 5.92 Å². The number of benzene rings is 1. The van der Waals surface area contributed by atoms with Crippen molar-refractivity contribution in [1.29, 1.82) is 0 Å². The fourth-order valence-electron chi connectivity index (χ4n) is 3.73. The molecule has 0 aliphatic carbocycles. The molecule has 0 unspecified atom stereocenters. The van der Waals surface area contributed by atoms with Crippen LogP contribution in [0, 0.1) is 5.92 Å². The van der Waals surface area contributed by atoms with E-state index in [0.717, 1.165) is 18.4 Å². The van der Waals surface area contributed by atoms with Gasteiger partial charge in [0.1, 0.15) is 0 Å². The van der Waals surface area contributed by atoms with Crippen molar-refractivity contribution >= 4 is 17.6 Å². The number of methoxy groups -OCH3 is 3. The molecule has 172 valence electrons. The number of pyridine rings is 1. The van der Waals surface area contributed by atoms with Crippen LogP contribution in [0.4, 0.5) is 10.5 Å². The predicted molar refractivity (Wildman–Crippen MR) is 120 cm³/mol. The van der Waals surface area contributed by atoms with E-state index in [-0.39, 0.29) is 17.9 Å². The number of ether oxygens (including phenoxy) is 3. The number of carbonyl (C=O) groups excluding carboxylic acids is 2. The average Bonchev–Trinajstić information content (AvgIpc) is 2.83. The first-order chi connectivity index (χ1) is 15.5. The van der Waals surface area contributed by atoms with Crippen molar-refractivity contribution in [3.63, 3.8) is 0 Å². The number of likely N-dealkylation sites (tertiary alicyclic amines) is 1. The number of hydrogen-bond acceptors (Lipinski definition) is 6. The van der Waals surface area contributed by atoms with Gasteiger partial charge in [0.15, 0.2) is 11.5 Å². The summed E-state index contributed by atoms with van der Waals surface area (Å²) in [6.45, 7) is 1.66. The number of nitrogens with zero attached hydrogens (tertiary/aromatic N) is 2. The van der Waals surface area contributed by atoms with Gasteiger partial charge in [-0.15, -0.1) is 0 Å². The van der Waals surface area contributed by atoms with Crippen molar-refractivity contribution < 1.29 is 23.8 Å². The fraction of sp³-hybridized carbons (Fsp3) is 0.435. The highest BCUT2D eigenvalue weighted by molar-refractivity contribution is 5.90. The largest absolute Gasteiger partial charge is 0.493 e. The first kappa shape index (κ1) is 23.2. The van der Waals surface area contributed by atoms with Gasteiger partial charge in [-0.2, -0.15) is 0 Å². The lowest BCUT2D eigenvalue weighted by atomic mass is 9.93. The van der Waals surface area contributed by atoms with Crippen LogP contribution in [0.25, 0.3) is 0 Å². The van der Waals surface area contributed by atoms with Gasteiger partial charge in [-0.05, 0) is 30.4 Å². The van der Waals surface area contributed by atoms with Crippen LogP contribution in [-0.4, -0.2) is 56.2 Å². The minimum atomic E-state index is -0.196. The summed E-state index contributed by atoms with van der Waals surface area (Å²) >= 11 is 0. The molecule has 0 saturated carbocycles. The Balaban J connectivity index is 1.47. The quantitative estimate of drug-likeness (QED) is 0.652. The molecular formula is C23H30N4O5. The molecule has 1 aliphatic rings. The normalized spacial score (nSPS) is 13.9. The molecule has 0 atom stereocenters. The van der Waals surface area contributed by atoms with Crippen molar-refractivity contribution in [2.45, 2.75) is 25.8 Å². The molecule has 9 heteroatoms. The monoisotopic (exact) mass is 442 g/mol. The Morgan fingerprint density at radius 3 is 2.34 bits per heavy atom. The number of carbonyl (C=O) groups is 2. The molecule has 1 aromatic carbocycles. The molecule has 1 fully saturated rings. The lowest BCUT2D eigenvalue weighted by Gasteiger charge is -2.31. The number of piperidine rings is 1. The van der Waals surface area contributed by atoms with Gasteiger partial charge in [0, 0.05) is 50.6 Å². The van der Waals surface area contributed by atoms with Gasteiger partial charge in [-0.3, -0.25) is 9.78 Å². The number of nitrogens with one attached hydrogen (secondary N) is 2. The fourth-order valence-corrected chi connectivity index (χ4v) is 3.73. The third-order valence-corrected chi connectivity index (χ3v) is 5.50. The molecule has 0 radical (unpaired) electrons. The van der Waals surface area contributed by atoms with Gasteiger partial charge in [-0.25, -0.2) is 4.79 Å². The summed E-state index contributed by atoms with van der Waals surface area (Å²) in [6.07, 6.45) is 5.47. The van der Waals surface area contributed by atoms with Crippen molar-refractivity contribution in [1.82, 2.24) is 15.2 Å². The van der Waals surface area contributed by atoms with E-state index in [2.05, 4.69) is 15.6 Å². The van der Waals surface area contributed by atoms with Crippen LogP contribution >= 0.6 is 0 Å². The van der Waals surface area contributed by atoms with Crippen LogP contribution in [-0.2, 0) is 11.3 Å². The molecule has 0 bridgehead atoms. The zero-order valence-corrected chi connectivity index (χ0v) is 18.7. The highest BCUT2D eigenvalue weighted by atomic mass is 16.5. The Morgan fingerprint density at radius 1 is 1.09 bits per heavy atom. The topological polar surface area (TPSA) is 102 Å². The van der Waals surface area contributed by atoms with Crippen molar-refractivity contribution in [3.05, 3.63) is 42.2 Å². The van der Waals surface area contributed by atoms with Gasteiger partial charge in [0.2, 0.25) is 11.7 Å². The smallest absolute Gasteiger partial charge is 0.321 e. The molecule has 1 saturated heterocycles. The average molecular weight is 443 g/mol. The van der Waals surface area contributed by atoms with Gasteiger partial charge < -0.3 is 29.7 Å². The van der Waals surface area contributed by atoms with Gasteiger partial charge in [-0.1, -0.05) is 6.07 Å². The van der Waals surface area contributed by atoms with Crippen LogP contribution in [0.3, 0.4) is 0 Å². The molecule has 2 N–H and O–H groups in total. The first-order valence-corrected chi connectivity index (χ1v) is 10.6. The number of amides is 3. The van der Waals surface area contributed by atoms with Gasteiger partial charge >= 0.3 is 6.03 Å². The Labute approximate surface area is 188 Å². The maximum Gasteiger partial charge on any atom is 0.321 e. The summed E-state index contributed by atoms with van der Waals surface area (Å²) in [5.41, 5.74) is 1.53. The summed E-state index contributed by atoms with van der Waals surface area (Å²) in [6, 6.07) is 6.97. The van der Waals surface area contributed by atoms with Crippen LogP contribution in [0.5, 0.6) is 17.2 Å². The Morgan fingerprint density at radius 2 is 1.78 bits per heavy atom. The maximum absolute atomic E-state index is 12.7. The lowest BCUT2D eigenvalue weighted by molar-refractivity contribution is -0.122. The van der Waals surface area contributed by atoms with E-state index < -0.39 is 0 Å². The van der Waals surface area contributed by atoms with E-state index in [1.54, 1.807) is 29.4 Å². The van der Waals surface area contributed by atoms with Crippen LogP contribution < -0.4 is 24.8 Å². The molecule has 3 amide bonds. The van der Waals surface area contributed by atoms with Crippen LogP contribution in [0.2, 0.25) is 0 Å². The molecule has 2 heterocycles. The van der Waals surface area contributed by atoms with E-state index in [1.165, 1.54) is 21.3 Å². The minimum Gasteiger partial charge on any atom is -0.493 e. The number of hydrogen-bond donors (Lipinski definition) is 2. The Kier molecular flexibility index (Phi) is 8.13. The summed E-state index contributed by atoms with van der Waals surface area (Å²) in [4.78, 5) is 30.8. The Bertz CT molecular complexity index is 889. The Hall–Kier alpha value is -3.49. The highest BCUT2D eigenvalue weighted by Crippen LogP contribution is 2.40. The maximum atomic E-state index is 12.7. The zero-order chi connectivity index (χ0) is 22.9. The SMILES string of the molecule is COc1cc(NC(=O)N2CCC(CC(=O)NCc3cccnc3)CC2)cc(OC)c1OC. The van der Waals surface area contributed by atoms with Crippen LogP contribution in [0.15, 0.2) is 36.7 Å². The molecule has 2 aromatic rings. The number of rotatable bonds is 8. The van der Waals surface area contributed by atoms with E-state index in [9.17, 15) is 9.59 Å². The first-order valence-electron chi connectivity index (χ1n) is 10.6. The highest BCUT2D eigenvalue weighted by Gasteiger charge is 2.25. The number of aromatic nitrogens is 1. The molecule has 1 aromatic heterocycles. The lowest BCUT2D eigenvalue weighted by Crippen LogP contribution is -2.41. The second-order valence-corrected chi connectivity index (χ2v) is 7.62. The minimum absolute atomic E-state index is 0.0224. The van der Waals surface area contributed by atoms with Gasteiger partial charge in [0.05, 0.1) is 27.0 Å². The molecular weight excluding hydrogens is 412 g/mol. The summed E-state index contributed by atoms with van der Waals surface area (Å²) in [7, 11) is 4.59. The second-order valence-electron chi connectivity index (χ2n) is 7.62. The molecule has 9 nitrogen and oxygen atoms in total. The molecule has 1 aliphatic heterocycles. The van der Waals surface area contributed by atoms with Crippen molar-refractivity contribution in [2.75, 3.05) is 39.7 Å². The summed E-state index contributed by atoms with van der Waals surface area (Å²) in [5.74, 6) is 1.69. The molecule has 0 spiro atoms. The number of urea groups is 1. The van der Waals surface area contributed by atoms with E-state index in [0.29, 0.717) is 49.0 Å². The third-order valence-electron chi connectivity index (χ3n) is 5.50. The zero-order valence-electron chi connectivity index (χ0n) is 18.7. The van der Waals surface area contributed by atoms with E-state index >= 15 is 0 Å². The van der Waals surface area contributed by atoms with E-state index in [1.807, 2.05) is 12.1 Å². The standard InChI is InChI=1S/C23H30N4O5/c1-30-19-12-18(13-20(31-2)22(19)32-3)26-23(29)27-9-6-16(7-10-27)11-21(28)25-15-17-5-4-8-24-14-17/h4-5,8,12-14,16H,6-7,9-11,15H2,1-3H3,(H,25,28)(H,26,29). The van der Waals surface area contributed by atoms with E-state index in [4.69, 9.17) is 14.2 Å². The predicted octanol–water partition coefficient (Wildman–Crippen LogP) is 3.06. The van der Waals surface area contributed by atoms with Gasteiger partial charge in [0.25, 0.3) is 0 Å². The number of anilines is 1. The molecule has 32 heavy (non-hydrogen) atoms. The summed E-state index contributed by atoms with van der Waals surface area (Å²) in [5, 5.41) is 5.83. The van der Waals surface area contributed by atoms with Crippen LogP contribution in [0.1, 0.15) is 24.8 Å². The van der Waals surface area contributed by atoms with Crippen molar-refractivity contribution in [3.8, 4) is 17.2 Å². The molecule has 3 rings (SSSR count).